The van der Waals surface area contributed by atoms with Gasteiger partial charge in [-0.1, -0.05) is 55.2 Å². The zero-order chi connectivity index (χ0) is 19.2. The molecule has 0 atom stereocenters. The number of amides is 1. The van der Waals surface area contributed by atoms with Crippen molar-refractivity contribution in [1.29, 1.82) is 0 Å². The lowest BCUT2D eigenvalue weighted by molar-refractivity contribution is -0.121. The topological polar surface area (TPSA) is 68.0 Å². The lowest BCUT2D eigenvalue weighted by atomic mass is 9.84. The van der Waals surface area contributed by atoms with Crippen molar-refractivity contribution in [2.75, 3.05) is 6.54 Å². The van der Waals surface area contributed by atoms with Crippen molar-refractivity contribution in [3.05, 3.63) is 45.5 Å². The van der Waals surface area contributed by atoms with Crippen molar-refractivity contribution in [2.24, 2.45) is 0 Å². The zero-order valence-electron chi connectivity index (χ0n) is 15.4. The molecular formula is C19H25Cl2N3O2. The third-order valence-corrected chi connectivity index (χ3v) is 4.95. The molecule has 0 fully saturated rings. The van der Waals surface area contributed by atoms with E-state index in [2.05, 4.69) is 36.2 Å². The van der Waals surface area contributed by atoms with Crippen LogP contribution < -0.4 is 5.32 Å². The summed E-state index contributed by atoms with van der Waals surface area (Å²) in [5, 5.41) is 7.94. The van der Waals surface area contributed by atoms with Gasteiger partial charge >= 0.3 is 0 Å². The third kappa shape index (κ3) is 5.99. The number of aromatic nitrogens is 2. The summed E-state index contributed by atoms with van der Waals surface area (Å²) in [5.41, 5.74) is 0.785. The van der Waals surface area contributed by atoms with Gasteiger partial charge in [-0.2, -0.15) is 4.98 Å². The van der Waals surface area contributed by atoms with E-state index in [9.17, 15) is 4.79 Å². The van der Waals surface area contributed by atoms with Gasteiger partial charge in [0.2, 0.25) is 11.8 Å². The first-order valence-electron chi connectivity index (χ1n) is 8.85. The summed E-state index contributed by atoms with van der Waals surface area (Å²) < 4.78 is 5.18. The fraction of sp³-hybridized carbons (Fsp3) is 0.526. The summed E-state index contributed by atoms with van der Waals surface area (Å²) in [6.45, 7) is 6.70. The summed E-state index contributed by atoms with van der Waals surface area (Å²) >= 11 is 12.1. The van der Waals surface area contributed by atoms with Crippen LogP contribution in [0.4, 0.5) is 0 Å². The van der Waals surface area contributed by atoms with E-state index in [4.69, 9.17) is 27.7 Å². The molecule has 142 valence electrons. The maximum atomic E-state index is 12.1. The van der Waals surface area contributed by atoms with E-state index in [1.54, 1.807) is 6.07 Å². The minimum absolute atomic E-state index is 0.00596. The van der Waals surface area contributed by atoms with E-state index in [0.717, 1.165) is 24.2 Å². The second-order valence-corrected chi connectivity index (χ2v) is 7.81. The maximum Gasteiger partial charge on any atom is 0.226 e. The minimum Gasteiger partial charge on any atom is -0.355 e. The number of nitrogens with zero attached hydrogens (tertiary/aromatic N) is 2. The number of hydrogen-bond donors (Lipinski definition) is 1. The first-order valence-corrected chi connectivity index (χ1v) is 9.61. The van der Waals surface area contributed by atoms with Gasteiger partial charge in [0.1, 0.15) is 0 Å². The zero-order valence-corrected chi connectivity index (χ0v) is 17.0. The van der Waals surface area contributed by atoms with E-state index in [-0.39, 0.29) is 11.3 Å². The number of carbonyl (C=O) groups is 1. The van der Waals surface area contributed by atoms with Crippen molar-refractivity contribution in [2.45, 2.75) is 58.3 Å². The second kappa shape index (κ2) is 9.38. The van der Waals surface area contributed by atoms with Crippen molar-refractivity contribution >= 4 is 29.1 Å². The molecule has 26 heavy (non-hydrogen) atoms. The standard InChI is InChI=1S/C19H25Cl2N3O2/c1-4-6-16-23-18(26-24-16)8-5-7-17(25)22-12-19(2,3)13-9-10-14(20)15(21)11-13/h9-11H,4-8,12H2,1-3H3,(H,22,25). The molecule has 0 aliphatic rings. The fourth-order valence-electron chi connectivity index (χ4n) is 2.54. The number of hydrogen-bond acceptors (Lipinski definition) is 4. The van der Waals surface area contributed by atoms with Gasteiger partial charge < -0.3 is 9.84 Å². The van der Waals surface area contributed by atoms with E-state index < -0.39 is 0 Å². The Morgan fingerprint density at radius 1 is 1.23 bits per heavy atom. The quantitative estimate of drug-likeness (QED) is 0.662. The molecule has 1 heterocycles. The van der Waals surface area contributed by atoms with Crippen LogP contribution in [0.3, 0.4) is 0 Å². The highest BCUT2D eigenvalue weighted by molar-refractivity contribution is 6.42. The number of aryl methyl sites for hydroxylation is 2. The van der Waals surface area contributed by atoms with Crippen LogP contribution in [-0.4, -0.2) is 22.6 Å². The molecule has 1 aromatic carbocycles. The first kappa shape index (κ1) is 20.7. The van der Waals surface area contributed by atoms with Crippen molar-refractivity contribution in [3.8, 4) is 0 Å². The Bertz CT molecular complexity index is 744. The molecule has 2 aromatic rings. The summed E-state index contributed by atoms with van der Waals surface area (Å²) in [4.78, 5) is 16.4. The monoisotopic (exact) mass is 397 g/mol. The summed E-state index contributed by atoms with van der Waals surface area (Å²) in [6.07, 6.45) is 3.50. The summed E-state index contributed by atoms with van der Waals surface area (Å²) in [6, 6.07) is 5.56. The molecule has 7 heteroatoms. The molecule has 0 radical (unpaired) electrons. The molecule has 0 bridgehead atoms. The van der Waals surface area contributed by atoms with Gasteiger partial charge in [0.25, 0.3) is 0 Å². The van der Waals surface area contributed by atoms with Gasteiger partial charge in [0.05, 0.1) is 10.0 Å². The SMILES string of the molecule is CCCc1noc(CCCC(=O)NCC(C)(C)c2ccc(Cl)c(Cl)c2)n1. The largest absolute Gasteiger partial charge is 0.355 e. The lowest BCUT2D eigenvalue weighted by Crippen LogP contribution is -2.36. The Labute approximate surface area is 164 Å². The van der Waals surface area contributed by atoms with Gasteiger partial charge in [-0.15, -0.1) is 0 Å². The van der Waals surface area contributed by atoms with Crippen LogP contribution in [0.2, 0.25) is 10.0 Å². The van der Waals surface area contributed by atoms with Crippen LogP contribution >= 0.6 is 23.2 Å². The van der Waals surface area contributed by atoms with Gasteiger partial charge in [0, 0.05) is 31.2 Å². The predicted molar refractivity (Wildman–Crippen MR) is 104 cm³/mol. The van der Waals surface area contributed by atoms with Crippen LogP contribution in [0.15, 0.2) is 22.7 Å². The molecule has 0 aliphatic carbocycles. The van der Waals surface area contributed by atoms with Crippen molar-refractivity contribution < 1.29 is 9.32 Å². The van der Waals surface area contributed by atoms with Crippen molar-refractivity contribution in [3.63, 3.8) is 0 Å². The predicted octanol–water partition coefficient (Wildman–Crippen LogP) is 4.75. The third-order valence-electron chi connectivity index (χ3n) is 4.21. The highest BCUT2D eigenvalue weighted by atomic mass is 35.5. The molecule has 0 aliphatic heterocycles. The Morgan fingerprint density at radius 2 is 2.00 bits per heavy atom. The van der Waals surface area contributed by atoms with Crippen molar-refractivity contribution in [1.82, 2.24) is 15.5 Å². The summed E-state index contributed by atoms with van der Waals surface area (Å²) in [5.74, 6) is 1.33. The lowest BCUT2D eigenvalue weighted by Gasteiger charge is -2.26. The fourth-order valence-corrected chi connectivity index (χ4v) is 2.84. The van der Waals surface area contributed by atoms with Crippen LogP contribution in [0.25, 0.3) is 0 Å². The Kier molecular flexibility index (Phi) is 7.47. The highest BCUT2D eigenvalue weighted by Crippen LogP contribution is 2.29. The normalized spacial score (nSPS) is 11.6. The number of halogens is 2. The Balaban J connectivity index is 1.77. The molecule has 1 amide bonds. The smallest absolute Gasteiger partial charge is 0.226 e. The van der Waals surface area contributed by atoms with Crippen LogP contribution in [0.5, 0.6) is 0 Å². The molecule has 5 nitrogen and oxygen atoms in total. The average molecular weight is 398 g/mol. The number of nitrogens with one attached hydrogen (secondary N) is 1. The van der Waals surface area contributed by atoms with Crippen LogP contribution in [-0.2, 0) is 23.1 Å². The number of rotatable bonds is 9. The maximum absolute atomic E-state index is 12.1. The van der Waals surface area contributed by atoms with Gasteiger partial charge in [0.15, 0.2) is 5.82 Å². The average Bonchev–Trinajstić information content (AvgIpc) is 3.03. The van der Waals surface area contributed by atoms with E-state index >= 15 is 0 Å². The second-order valence-electron chi connectivity index (χ2n) is 7.00. The van der Waals surface area contributed by atoms with E-state index in [1.165, 1.54) is 0 Å². The van der Waals surface area contributed by atoms with E-state index in [1.807, 2.05) is 12.1 Å². The van der Waals surface area contributed by atoms with Crippen LogP contribution in [0.1, 0.15) is 57.3 Å². The molecule has 2 rings (SSSR count). The van der Waals surface area contributed by atoms with Gasteiger partial charge in [-0.3, -0.25) is 4.79 Å². The molecule has 0 spiro atoms. The number of benzene rings is 1. The van der Waals surface area contributed by atoms with Gasteiger partial charge in [-0.25, -0.2) is 0 Å². The molecule has 0 unspecified atom stereocenters. The van der Waals surface area contributed by atoms with Crippen LogP contribution in [0, 0.1) is 0 Å². The van der Waals surface area contributed by atoms with Gasteiger partial charge in [-0.05, 0) is 30.5 Å². The Morgan fingerprint density at radius 3 is 2.69 bits per heavy atom. The highest BCUT2D eigenvalue weighted by Gasteiger charge is 2.22. The Hall–Kier alpha value is -1.59. The summed E-state index contributed by atoms with van der Waals surface area (Å²) in [7, 11) is 0. The molecule has 0 saturated carbocycles. The molecule has 1 N–H and O–H groups in total. The minimum atomic E-state index is -0.245. The van der Waals surface area contributed by atoms with E-state index in [0.29, 0.717) is 41.7 Å². The molecule has 0 saturated heterocycles. The first-order chi connectivity index (χ1) is 12.3. The molecule has 1 aromatic heterocycles. The number of carbonyl (C=O) groups excluding carboxylic acids is 1. The molecular weight excluding hydrogens is 373 g/mol.